The molecule has 1 aromatic carbocycles. The molecule has 0 aliphatic carbocycles. The Morgan fingerprint density at radius 3 is 3.04 bits per heavy atom. The van der Waals surface area contributed by atoms with Gasteiger partial charge in [-0.3, -0.25) is 4.79 Å². The number of hydrogen-bond acceptors (Lipinski definition) is 3. The van der Waals surface area contributed by atoms with Crippen molar-refractivity contribution in [3.63, 3.8) is 0 Å². The van der Waals surface area contributed by atoms with Crippen molar-refractivity contribution in [2.45, 2.75) is 25.7 Å². The number of aromatic amines is 1. The van der Waals surface area contributed by atoms with Gasteiger partial charge in [-0.1, -0.05) is 18.2 Å². The van der Waals surface area contributed by atoms with Gasteiger partial charge in [0.15, 0.2) is 0 Å². The molecule has 118 valence electrons. The highest BCUT2D eigenvalue weighted by atomic mass is 32.1. The zero-order valence-corrected chi connectivity index (χ0v) is 13.9. The van der Waals surface area contributed by atoms with Gasteiger partial charge in [-0.2, -0.15) is 0 Å². The van der Waals surface area contributed by atoms with Crippen molar-refractivity contribution in [3.05, 3.63) is 52.9 Å². The number of nitrogens with zero attached hydrogens (tertiary/aromatic N) is 2. The third-order valence-electron chi connectivity index (χ3n) is 4.45. The molecule has 23 heavy (non-hydrogen) atoms. The molecule has 1 unspecified atom stereocenters. The number of fused-ring (bicyclic) bond motifs is 1. The molecule has 0 bridgehead atoms. The Labute approximate surface area is 139 Å². The Kier molecular flexibility index (Phi) is 3.65. The highest BCUT2D eigenvalue weighted by Gasteiger charge is 2.27. The number of aromatic nitrogens is 2. The summed E-state index contributed by atoms with van der Waals surface area (Å²) in [5.74, 6) is 1.48. The molecule has 3 aromatic rings. The number of likely N-dealkylation sites (tertiary alicyclic amines) is 1. The van der Waals surface area contributed by atoms with Crippen LogP contribution in [0.15, 0.2) is 36.5 Å². The Morgan fingerprint density at radius 2 is 2.26 bits per heavy atom. The van der Waals surface area contributed by atoms with Crippen molar-refractivity contribution in [1.29, 1.82) is 0 Å². The summed E-state index contributed by atoms with van der Waals surface area (Å²) < 4.78 is 1.17. The molecule has 2 aromatic heterocycles. The molecular formula is C18H19N3OS. The average molecular weight is 325 g/mol. The number of carbonyl (C=O) groups excluding carboxylic acids is 1. The average Bonchev–Trinajstić information content (AvgIpc) is 3.20. The lowest BCUT2D eigenvalue weighted by molar-refractivity contribution is 0.0710. The lowest BCUT2D eigenvalue weighted by atomic mass is 9.97. The lowest BCUT2D eigenvalue weighted by Gasteiger charge is -2.31. The molecule has 1 N–H and O–H groups in total. The number of thiophene rings is 1. The number of carbonyl (C=O) groups is 1. The van der Waals surface area contributed by atoms with E-state index in [1.54, 1.807) is 11.3 Å². The molecule has 4 rings (SSSR count). The van der Waals surface area contributed by atoms with Gasteiger partial charge in [0.1, 0.15) is 5.82 Å². The number of rotatable bonds is 2. The molecular weight excluding hydrogens is 306 g/mol. The third kappa shape index (κ3) is 2.77. The number of aryl methyl sites for hydroxylation is 1. The van der Waals surface area contributed by atoms with Crippen LogP contribution in [0.5, 0.6) is 0 Å². The standard InChI is InChI=1S/C18H19N3OS/c1-12-10-19-17(20-12)14-6-4-8-21(11-14)18(22)16-9-13-5-2-3-7-15(13)23-16/h2-3,5,7,9-10,14H,4,6,8,11H2,1H3,(H,19,20). The Hall–Kier alpha value is -2.14. The summed E-state index contributed by atoms with van der Waals surface area (Å²) in [7, 11) is 0. The maximum Gasteiger partial charge on any atom is 0.263 e. The Bertz CT molecular complexity index is 818. The molecule has 1 saturated heterocycles. The summed E-state index contributed by atoms with van der Waals surface area (Å²) in [5.41, 5.74) is 1.08. The van der Waals surface area contributed by atoms with Crippen LogP contribution in [0.2, 0.25) is 0 Å². The molecule has 4 nitrogen and oxygen atoms in total. The van der Waals surface area contributed by atoms with Gasteiger partial charge < -0.3 is 9.88 Å². The van der Waals surface area contributed by atoms with Crippen molar-refractivity contribution in [3.8, 4) is 0 Å². The highest BCUT2D eigenvalue weighted by Crippen LogP contribution is 2.30. The summed E-state index contributed by atoms with van der Waals surface area (Å²) in [6.07, 6.45) is 3.98. The molecule has 1 fully saturated rings. The predicted octanol–water partition coefficient (Wildman–Crippen LogP) is 3.95. The van der Waals surface area contributed by atoms with Gasteiger partial charge in [0.2, 0.25) is 0 Å². The maximum absolute atomic E-state index is 12.9. The minimum absolute atomic E-state index is 0.152. The van der Waals surface area contributed by atoms with Crippen LogP contribution in [-0.4, -0.2) is 33.9 Å². The topological polar surface area (TPSA) is 49.0 Å². The molecule has 1 aliphatic rings. The summed E-state index contributed by atoms with van der Waals surface area (Å²) in [6, 6.07) is 10.2. The second kappa shape index (κ2) is 5.81. The Balaban J connectivity index is 1.55. The van der Waals surface area contributed by atoms with E-state index in [1.165, 1.54) is 4.70 Å². The summed E-state index contributed by atoms with van der Waals surface area (Å²) in [5, 5.41) is 1.15. The van der Waals surface area contributed by atoms with Crippen LogP contribution in [0.3, 0.4) is 0 Å². The fourth-order valence-electron chi connectivity index (χ4n) is 3.27. The minimum atomic E-state index is 0.152. The van der Waals surface area contributed by atoms with E-state index in [2.05, 4.69) is 22.1 Å². The second-order valence-electron chi connectivity index (χ2n) is 6.19. The van der Waals surface area contributed by atoms with E-state index in [0.29, 0.717) is 5.92 Å². The van der Waals surface area contributed by atoms with Crippen molar-refractivity contribution in [2.75, 3.05) is 13.1 Å². The van der Waals surface area contributed by atoms with Gasteiger partial charge in [-0.15, -0.1) is 11.3 Å². The van der Waals surface area contributed by atoms with Gasteiger partial charge in [-0.05, 0) is 37.3 Å². The molecule has 5 heteroatoms. The fraction of sp³-hybridized carbons (Fsp3) is 0.333. The first-order valence-electron chi connectivity index (χ1n) is 8.00. The van der Waals surface area contributed by atoms with Crippen LogP contribution >= 0.6 is 11.3 Å². The van der Waals surface area contributed by atoms with E-state index in [9.17, 15) is 4.79 Å². The normalized spacial score (nSPS) is 18.5. The van der Waals surface area contributed by atoms with Crippen LogP contribution in [0.4, 0.5) is 0 Å². The van der Waals surface area contributed by atoms with Gasteiger partial charge in [-0.25, -0.2) is 4.98 Å². The first-order chi connectivity index (χ1) is 11.2. The van der Waals surface area contributed by atoms with Crippen LogP contribution in [-0.2, 0) is 0 Å². The number of nitrogens with one attached hydrogen (secondary N) is 1. The Morgan fingerprint density at radius 1 is 1.39 bits per heavy atom. The zero-order valence-electron chi connectivity index (χ0n) is 13.1. The minimum Gasteiger partial charge on any atom is -0.346 e. The number of hydrogen-bond donors (Lipinski definition) is 1. The van der Waals surface area contributed by atoms with Gasteiger partial charge in [0.05, 0.1) is 4.88 Å². The van der Waals surface area contributed by atoms with Crippen LogP contribution in [0.1, 0.15) is 39.9 Å². The smallest absolute Gasteiger partial charge is 0.263 e. The molecule has 1 atom stereocenters. The quantitative estimate of drug-likeness (QED) is 0.775. The maximum atomic E-state index is 12.9. The van der Waals surface area contributed by atoms with Gasteiger partial charge >= 0.3 is 0 Å². The lowest BCUT2D eigenvalue weighted by Crippen LogP contribution is -2.39. The van der Waals surface area contributed by atoms with Crippen LogP contribution in [0, 0.1) is 6.92 Å². The number of piperidine rings is 1. The largest absolute Gasteiger partial charge is 0.346 e. The van der Waals surface area contributed by atoms with E-state index in [1.807, 2.05) is 36.2 Å². The van der Waals surface area contributed by atoms with Crippen molar-refractivity contribution < 1.29 is 4.79 Å². The molecule has 1 amide bonds. The number of amides is 1. The number of benzene rings is 1. The highest BCUT2D eigenvalue weighted by molar-refractivity contribution is 7.20. The summed E-state index contributed by atoms with van der Waals surface area (Å²) >= 11 is 1.59. The van der Waals surface area contributed by atoms with Crippen molar-refractivity contribution >= 4 is 27.3 Å². The summed E-state index contributed by atoms with van der Waals surface area (Å²) in [6.45, 7) is 3.60. The monoisotopic (exact) mass is 325 g/mol. The molecule has 1 aliphatic heterocycles. The molecule has 3 heterocycles. The van der Waals surface area contributed by atoms with E-state index >= 15 is 0 Å². The molecule has 0 radical (unpaired) electrons. The first-order valence-corrected chi connectivity index (χ1v) is 8.82. The first kappa shape index (κ1) is 14.5. The van der Waals surface area contributed by atoms with Crippen LogP contribution < -0.4 is 0 Å². The van der Waals surface area contributed by atoms with Gasteiger partial charge in [0.25, 0.3) is 5.91 Å². The molecule has 0 spiro atoms. The number of imidazole rings is 1. The predicted molar refractivity (Wildman–Crippen MR) is 93.0 cm³/mol. The third-order valence-corrected chi connectivity index (χ3v) is 5.56. The molecule has 0 saturated carbocycles. The van der Waals surface area contributed by atoms with Crippen molar-refractivity contribution in [1.82, 2.24) is 14.9 Å². The van der Waals surface area contributed by atoms with E-state index in [-0.39, 0.29) is 5.91 Å². The van der Waals surface area contributed by atoms with Crippen molar-refractivity contribution in [2.24, 2.45) is 0 Å². The zero-order chi connectivity index (χ0) is 15.8. The van der Waals surface area contributed by atoms with E-state index in [4.69, 9.17) is 0 Å². The fourth-order valence-corrected chi connectivity index (χ4v) is 4.30. The second-order valence-corrected chi connectivity index (χ2v) is 7.27. The van der Waals surface area contributed by atoms with Gasteiger partial charge in [0, 0.05) is 35.6 Å². The van der Waals surface area contributed by atoms with Crippen LogP contribution in [0.25, 0.3) is 10.1 Å². The number of H-pyrrole nitrogens is 1. The van der Waals surface area contributed by atoms with E-state index < -0.39 is 0 Å². The summed E-state index contributed by atoms with van der Waals surface area (Å²) in [4.78, 5) is 23.4. The SMILES string of the molecule is Cc1cnc(C2CCCN(C(=O)c3cc4ccccc4s3)C2)[nH]1. The van der Waals surface area contributed by atoms with E-state index in [0.717, 1.165) is 47.7 Å².